The largest absolute Gasteiger partial charge is 0.481 e. The van der Waals surface area contributed by atoms with Crippen molar-refractivity contribution in [2.24, 2.45) is 0 Å². The number of hydrogen-bond acceptors (Lipinski definition) is 1. The van der Waals surface area contributed by atoms with Gasteiger partial charge in [-0.1, -0.05) is 23.2 Å². The fourth-order valence-corrected chi connectivity index (χ4v) is 1.51. The maximum Gasteiger partial charge on any atom is 0.310 e. The topological polar surface area (TPSA) is 37.3 Å². The van der Waals surface area contributed by atoms with E-state index in [1.54, 1.807) is 25.1 Å². The van der Waals surface area contributed by atoms with Gasteiger partial charge in [0.1, 0.15) is 0 Å². The van der Waals surface area contributed by atoms with Crippen molar-refractivity contribution in [1.29, 1.82) is 0 Å². The Morgan fingerprint density at radius 2 is 1.77 bits per heavy atom. The van der Waals surface area contributed by atoms with Gasteiger partial charge < -0.3 is 5.11 Å². The van der Waals surface area contributed by atoms with Gasteiger partial charge in [0.15, 0.2) is 0 Å². The molecule has 0 fully saturated rings. The van der Waals surface area contributed by atoms with Crippen LogP contribution in [0.3, 0.4) is 0 Å². The van der Waals surface area contributed by atoms with E-state index in [1.165, 1.54) is 0 Å². The zero-order chi connectivity index (χ0) is 10.0. The lowest BCUT2D eigenvalue weighted by atomic mass is 10.0. The molecule has 70 valence electrons. The standard InChI is InChI=1S/C9H8Cl2O2/c1-5(9(12)13)6-2-7(10)4-8(11)3-6/h2-5H,1H3,(H,12,13). The minimum absolute atomic E-state index is 0.454. The first-order valence-corrected chi connectivity index (χ1v) is 4.45. The Labute approximate surface area is 86.1 Å². The van der Waals surface area contributed by atoms with Crippen molar-refractivity contribution >= 4 is 29.2 Å². The summed E-state index contributed by atoms with van der Waals surface area (Å²) in [5.74, 6) is -1.48. The second-order valence-electron chi connectivity index (χ2n) is 2.76. The fraction of sp³-hybridized carbons (Fsp3) is 0.222. The zero-order valence-electron chi connectivity index (χ0n) is 6.92. The average Bonchev–Trinajstić information content (AvgIpc) is 2.01. The van der Waals surface area contributed by atoms with Gasteiger partial charge in [0.2, 0.25) is 0 Å². The van der Waals surface area contributed by atoms with Crippen molar-refractivity contribution < 1.29 is 9.90 Å². The highest BCUT2D eigenvalue weighted by atomic mass is 35.5. The normalized spacial score (nSPS) is 12.5. The van der Waals surface area contributed by atoms with E-state index >= 15 is 0 Å². The summed E-state index contributed by atoms with van der Waals surface area (Å²) in [7, 11) is 0. The summed E-state index contributed by atoms with van der Waals surface area (Å²) < 4.78 is 0. The molecule has 0 heterocycles. The Balaban J connectivity index is 3.07. The molecule has 0 bridgehead atoms. The third-order valence-electron chi connectivity index (χ3n) is 1.76. The summed E-state index contributed by atoms with van der Waals surface area (Å²) >= 11 is 11.4. The molecule has 0 radical (unpaired) electrons. The summed E-state index contributed by atoms with van der Waals surface area (Å²) in [5, 5.41) is 9.64. The van der Waals surface area contributed by atoms with Gasteiger partial charge in [0, 0.05) is 10.0 Å². The molecule has 0 aromatic heterocycles. The van der Waals surface area contributed by atoms with Crippen LogP contribution in [0.15, 0.2) is 18.2 Å². The van der Waals surface area contributed by atoms with Crippen LogP contribution in [0.25, 0.3) is 0 Å². The van der Waals surface area contributed by atoms with Gasteiger partial charge in [-0.2, -0.15) is 0 Å². The lowest BCUT2D eigenvalue weighted by Gasteiger charge is -2.07. The van der Waals surface area contributed by atoms with Gasteiger partial charge in [-0.25, -0.2) is 0 Å². The van der Waals surface area contributed by atoms with Crippen LogP contribution >= 0.6 is 23.2 Å². The highest BCUT2D eigenvalue weighted by Gasteiger charge is 2.14. The molecule has 0 aliphatic heterocycles. The molecule has 0 aliphatic carbocycles. The third-order valence-corrected chi connectivity index (χ3v) is 2.19. The van der Waals surface area contributed by atoms with Crippen LogP contribution in [0, 0.1) is 0 Å². The van der Waals surface area contributed by atoms with E-state index in [2.05, 4.69) is 0 Å². The summed E-state index contributed by atoms with van der Waals surface area (Å²) in [6, 6.07) is 4.78. The van der Waals surface area contributed by atoms with E-state index in [0.29, 0.717) is 15.6 Å². The van der Waals surface area contributed by atoms with Gasteiger partial charge >= 0.3 is 5.97 Å². The molecule has 1 aromatic rings. The van der Waals surface area contributed by atoms with Gasteiger partial charge in [-0.15, -0.1) is 0 Å². The van der Waals surface area contributed by atoms with Crippen LogP contribution in [-0.2, 0) is 4.79 Å². The van der Waals surface area contributed by atoms with Crippen molar-refractivity contribution in [1.82, 2.24) is 0 Å². The van der Waals surface area contributed by atoms with Crippen molar-refractivity contribution in [3.63, 3.8) is 0 Å². The number of hydrogen-bond donors (Lipinski definition) is 1. The Bertz CT molecular complexity index is 316. The predicted octanol–water partition coefficient (Wildman–Crippen LogP) is 3.18. The van der Waals surface area contributed by atoms with E-state index in [1.807, 2.05) is 0 Å². The van der Waals surface area contributed by atoms with Gasteiger partial charge in [0.05, 0.1) is 5.92 Å². The van der Waals surface area contributed by atoms with Gasteiger partial charge in [-0.05, 0) is 30.7 Å². The Morgan fingerprint density at radius 1 is 1.31 bits per heavy atom. The number of carboxylic acids is 1. The number of rotatable bonds is 2. The molecular formula is C9H8Cl2O2. The number of aliphatic carboxylic acids is 1. The van der Waals surface area contributed by atoms with Crippen LogP contribution in [0.4, 0.5) is 0 Å². The molecule has 0 aliphatic rings. The summed E-state index contributed by atoms with van der Waals surface area (Å²) in [6.45, 7) is 1.59. The smallest absolute Gasteiger partial charge is 0.310 e. The summed E-state index contributed by atoms with van der Waals surface area (Å²) in [4.78, 5) is 10.6. The van der Waals surface area contributed by atoms with E-state index < -0.39 is 11.9 Å². The van der Waals surface area contributed by atoms with E-state index in [0.717, 1.165) is 0 Å². The Hall–Kier alpha value is -0.730. The molecule has 0 spiro atoms. The second kappa shape index (κ2) is 3.99. The van der Waals surface area contributed by atoms with Crippen molar-refractivity contribution in [2.45, 2.75) is 12.8 Å². The zero-order valence-corrected chi connectivity index (χ0v) is 8.43. The predicted molar refractivity (Wildman–Crippen MR) is 52.5 cm³/mol. The summed E-state index contributed by atoms with van der Waals surface area (Å²) in [5.41, 5.74) is 0.616. The van der Waals surface area contributed by atoms with Crippen LogP contribution in [-0.4, -0.2) is 11.1 Å². The number of carbonyl (C=O) groups is 1. The number of halogens is 2. The lowest BCUT2D eigenvalue weighted by molar-refractivity contribution is -0.138. The Kier molecular flexibility index (Phi) is 3.17. The van der Waals surface area contributed by atoms with Crippen LogP contribution in [0.1, 0.15) is 18.4 Å². The first kappa shape index (κ1) is 10.4. The highest BCUT2D eigenvalue weighted by molar-refractivity contribution is 6.34. The van der Waals surface area contributed by atoms with Crippen LogP contribution in [0.2, 0.25) is 10.0 Å². The lowest BCUT2D eigenvalue weighted by Crippen LogP contribution is -2.07. The Morgan fingerprint density at radius 3 is 2.15 bits per heavy atom. The van der Waals surface area contributed by atoms with Crippen LogP contribution in [0.5, 0.6) is 0 Å². The van der Waals surface area contributed by atoms with E-state index in [4.69, 9.17) is 28.3 Å². The first-order valence-electron chi connectivity index (χ1n) is 3.69. The molecule has 2 nitrogen and oxygen atoms in total. The van der Waals surface area contributed by atoms with Gasteiger partial charge in [0.25, 0.3) is 0 Å². The number of carboxylic acid groups (broad SMARTS) is 1. The molecule has 0 amide bonds. The molecule has 4 heteroatoms. The molecule has 1 atom stereocenters. The third kappa shape index (κ3) is 2.61. The van der Waals surface area contributed by atoms with E-state index in [9.17, 15) is 4.79 Å². The van der Waals surface area contributed by atoms with E-state index in [-0.39, 0.29) is 0 Å². The molecule has 1 unspecified atom stereocenters. The first-order chi connectivity index (χ1) is 6.00. The molecular weight excluding hydrogens is 211 g/mol. The summed E-state index contributed by atoms with van der Waals surface area (Å²) in [6.07, 6.45) is 0. The molecule has 0 saturated heterocycles. The molecule has 1 N–H and O–H groups in total. The minimum atomic E-state index is -0.890. The number of benzene rings is 1. The SMILES string of the molecule is CC(C(=O)O)c1cc(Cl)cc(Cl)c1. The van der Waals surface area contributed by atoms with Crippen molar-refractivity contribution in [3.05, 3.63) is 33.8 Å². The second-order valence-corrected chi connectivity index (χ2v) is 3.64. The monoisotopic (exact) mass is 218 g/mol. The van der Waals surface area contributed by atoms with Crippen molar-refractivity contribution in [3.8, 4) is 0 Å². The quantitative estimate of drug-likeness (QED) is 0.829. The minimum Gasteiger partial charge on any atom is -0.481 e. The highest BCUT2D eigenvalue weighted by Crippen LogP contribution is 2.24. The molecule has 13 heavy (non-hydrogen) atoms. The molecule has 1 rings (SSSR count). The average molecular weight is 219 g/mol. The maximum atomic E-state index is 10.6. The van der Waals surface area contributed by atoms with Crippen molar-refractivity contribution in [2.75, 3.05) is 0 Å². The molecule has 0 saturated carbocycles. The molecule has 1 aromatic carbocycles. The van der Waals surface area contributed by atoms with Gasteiger partial charge in [-0.3, -0.25) is 4.79 Å². The fourth-order valence-electron chi connectivity index (χ4n) is 0.968. The van der Waals surface area contributed by atoms with Crippen LogP contribution < -0.4 is 0 Å². The maximum absolute atomic E-state index is 10.6.